The average molecular weight is 394 g/mol. The molecule has 9 nitrogen and oxygen atoms in total. The van der Waals surface area contributed by atoms with E-state index in [2.05, 4.69) is 12.2 Å². The van der Waals surface area contributed by atoms with Crippen LogP contribution in [0.15, 0.2) is 12.1 Å². The summed E-state index contributed by atoms with van der Waals surface area (Å²) in [5.74, 6) is -0.786. The summed E-state index contributed by atoms with van der Waals surface area (Å²) in [7, 11) is 2.68. The summed E-state index contributed by atoms with van der Waals surface area (Å²) in [4.78, 5) is 35.5. The molecule has 1 aliphatic rings. The van der Waals surface area contributed by atoms with Gasteiger partial charge in [0.25, 0.3) is 11.6 Å². The normalized spacial score (nSPS) is 20.0. The second-order valence-electron chi connectivity index (χ2n) is 6.91. The van der Waals surface area contributed by atoms with E-state index in [1.54, 1.807) is 0 Å². The lowest BCUT2D eigenvalue weighted by Gasteiger charge is -2.30. The third kappa shape index (κ3) is 4.90. The Labute approximate surface area is 163 Å². The molecule has 154 valence electrons. The number of hydrogen-bond acceptors (Lipinski definition) is 7. The number of methoxy groups -OCH3 is 2. The lowest BCUT2D eigenvalue weighted by molar-refractivity contribution is -0.385. The Bertz CT molecular complexity index is 750. The molecular weight excluding hydrogens is 368 g/mol. The van der Waals surface area contributed by atoms with Crippen LogP contribution in [0.1, 0.15) is 49.9 Å². The van der Waals surface area contributed by atoms with E-state index in [1.807, 2.05) is 0 Å². The molecule has 0 saturated heterocycles. The van der Waals surface area contributed by atoms with Gasteiger partial charge < -0.3 is 19.5 Å². The number of hydrogen-bond donors (Lipinski definition) is 1. The smallest absolute Gasteiger partial charge is 0.346 e. The third-order valence-electron chi connectivity index (χ3n) is 5.01. The number of carbonyl (C=O) groups excluding carboxylic acids is 2. The van der Waals surface area contributed by atoms with E-state index in [4.69, 9.17) is 14.2 Å². The highest BCUT2D eigenvalue weighted by Gasteiger charge is 2.30. The molecule has 9 heteroatoms. The molecule has 0 aromatic heterocycles. The fourth-order valence-corrected chi connectivity index (χ4v) is 3.29. The average Bonchev–Trinajstić information content (AvgIpc) is 2.68. The van der Waals surface area contributed by atoms with Crippen LogP contribution in [-0.4, -0.2) is 43.2 Å². The first-order chi connectivity index (χ1) is 13.3. The molecule has 28 heavy (non-hydrogen) atoms. The molecular formula is C19H26N2O7. The van der Waals surface area contributed by atoms with Crippen molar-refractivity contribution in [2.75, 3.05) is 14.2 Å². The topological polar surface area (TPSA) is 117 Å². The summed E-state index contributed by atoms with van der Waals surface area (Å²) in [5, 5.41) is 14.2. The van der Waals surface area contributed by atoms with Crippen LogP contribution in [0, 0.1) is 16.0 Å². The first kappa shape index (κ1) is 21.5. The Morgan fingerprint density at radius 2 is 1.79 bits per heavy atom. The minimum atomic E-state index is -1.09. The van der Waals surface area contributed by atoms with E-state index in [0.717, 1.165) is 31.7 Å². The van der Waals surface area contributed by atoms with Crippen LogP contribution < -0.4 is 14.8 Å². The molecule has 1 aliphatic carbocycles. The van der Waals surface area contributed by atoms with Crippen molar-refractivity contribution in [1.29, 1.82) is 0 Å². The molecule has 0 radical (unpaired) electrons. The van der Waals surface area contributed by atoms with E-state index in [0.29, 0.717) is 5.92 Å². The predicted octanol–water partition coefficient (Wildman–Crippen LogP) is 2.85. The van der Waals surface area contributed by atoms with E-state index in [-0.39, 0.29) is 23.1 Å². The van der Waals surface area contributed by atoms with E-state index < -0.39 is 28.6 Å². The molecule has 3 atom stereocenters. The van der Waals surface area contributed by atoms with Crippen LogP contribution in [0.2, 0.25) is 0 Å². The molecule has 1 saturated carbocycles. The number of esters is 1. The Balaban J connectivity index is 2.14. The van der Waals surface area contributed by atoms with Gasteiger partial charge in [0.1, 0.15) is 5.56 Å². The van der Waals surface area contributed by atoms with Gasteiger partial charge in [0.15, 0.2) is 17.6 Å². The number of nitro benzene ring substituents is 1. The molecule has 0 heterocycles. The number of ether oxygens (including phenoxy) is 3. The molecule has 0 aliphatic heterocycles. The Morgan fingerprint density at radius 1 is 1.18 bits per heavy atom. The number of rotatable bonds is 7. The highest BCUT2D eigenvalue weighted by molar-refractivity contribution is 5.96. The maximum atomic E-state index is 12.5. The molecule has 3 unspecified atom stereocenters. The molecule has 0 bridgehead atoms. The molecule has 1 fully saturated rings. The zero-order valence-electron chi connectivity index (χ0n) is 16.5. The van der Waals surface area contributed by atoms with Crippen molar-refractivity contribution in [3.63, 3.8) is 0 Å². The van der Waals surface area contributed by atoms with Gasteiger partial charge in [-0.1, -0.05) is 19.8 Å². The Morgan fingerprint density at radius 3 is 2.36 bits per heavy atom. The van der Waals surface area contributed by atoms with Gasteiger partial charge in [-0.3, -0.25) is 14.9 Å². The monoisotopic (exact) mass is 394 g/mol. The zero-order chi connectivity index (χ0) is 20.8. The molecule has 0 spiro atoms. The predicted molar refractivity (Wildman–Crippen MR) is 101 cm³/mol. The quantitative estimate of drug-likeness (QED) is 0.429. The van der Waals surface area contributed by atoms with Crippen molar-refractivity contribution < 1.29 is 28.7 Å². The number of nitro groups is 1. The Hall–Kier alpha value is -2.84. The number of nitrogens with one attached hydrogen (secondary N) is 1. The third-order valence-corrected chi connectivity index (χ3v) is 5.01. The van der Waals surface area contributed by atoms with Crippen molar-refractivity contribution in [2.24, 2.45) is 5.92 Å². The number of carbonyl (C=O) groups is 2. The van der Waals surface area contributed by atoms with Crippen molar-refractivity contribution >= 4 is 17.6 Å². The van der Waals surface area contributed by atoms with E-state index >= 15 is 0 Å². The van der Waals surface area contributed by atoms with Gasteiger partial charge in [-0.15, -0.1) is 0 Å². The van der Waals surface area contributed by atoms with Gasteiger partial charge in [-0.05, 0) is 25.7 Å². The lowest BCUT2D eigenvalue weighted by Crippen LogP contribution is -2.46. The molecule has 1 N–H and O–H groups in total. The van der Waals surface area contributed by atoms with Gasteiger partial charge in [0.05, 0.1) is 25.2 Å². The summed E-state index contributed by atoms with van der Waals surface area (Å²) in [6.07, 6.45) is 3.02. The summed E-state index contributed by atoms with van der Waals surface area (Å²) in [6.45, 7) is 3.51. The van der Waals surface area contributed by atoms with Crippen LogP contribution in [0.4, 0.5) is 5.69 Å². The van der Waals surface area contributed by atoms with E-state index in [1.165, 1.54) is 27.2 Å². The molecule has 1 amide bonds. The largest absolute Gasteiger partial charge is 0.493 e. The second-order valence-corrected chi connectivity index (χ2v) is 6.91. The first-order valence-electron chi connectivity index (χ1n) is 9.20. The van der Waals surface area contributed by atoms with Crippen molar-refractivity contribution in [1.82, 2.24) is 5.32 Å². The zero-order valence-corrected chi connectivity index (χ0v) is 16.5. The molecule has 2 rings (SSSR count). The number of nitrogens with zero attached hydrogens (tertiary/aromatic N) is 1. The van der Waals surface area contributed by atoms with Gasteiger partial charge >= 0.3 is 5.97 Å². The number of benzene rings is 1. The van der Waals surface area contributed by atoms with Gasteiger partial charge in [0, 0.05) is 12.1 Å². The SMILES string of the molecule is COc1cc(C(=O)OC(C)C(=O)NC2CCCCC2C)c([N+](=O)[O-])cc1OC. The summed E-state index contributed by atoms with van der Waals surface area (Å²) < 4.78 is 15.3. The first-order valence-corrected chi connectivity index (χ1v) is 9.20. The highest BCUT2D eigenvalue weighted by atomic mass is 16.6. The van der Waals surface area contributed by atoms with Gasteiger partial charge in [-0.25, -0.2) is 4.79 Å². The maximum Gasteiger partial charge on any atom is 0.346 e. The van der Waals surface area contributed by atoms with Crippen LogP contribution in [0.5, 0.6) is 11.5 Å². The summed E-state index contributed by atoms with van der Waals surface area (Å²) >= 11 is 0. The molecule has 1 aromatic rings. The highest BCUT2D eigenvalue weighted by Crippen LogP contribution is 2.35. The van der Waals surface area contributed by atoms with Crippen molar-refractivity contribution in [2.45, 2.75) is 51.7 Å². The van der Waals surface area contributed by atoms with Gasteiger partial charge in [0.2, 0.25) is 0 Å². The fraction of sp³-hybridized carbons (Fsp3) is 0.579. The van der Waals surface area contributed by atoms with Crippen LogP contribution in [0.3, 0.4) is 0 Å². The van der Waals surface area contributed by atoms with Crippen LogP contribution >= 0.6 is 0 Å². The maximum absolute atomic E-state index is 12.5. The lowest BCUT2D eigenvalue weighted by atomic mass is 9.86. The fourth-order valence-electron chi connectivity index (χ4n) is 3.29. The van der Waals surface area contributed by atoms with Crippen LogP contribution in [0.25, 0.3) is 0 Å². The van der Waals surface area contributed by atoms with Crippen molar-refractivity contribution in [3.05, 3.63) is 27.8 Å². The number of amides is 1. The van der Waals surface area contributed by atoms with Crippen LogP contribution in [-0.2, 0) is 9.53 Å². The summed E-state index contributed by atoms with van der Waals surface area (Å²) in [6, 6.07) is 2.30. The minimum absolute atomic E-state index is 0.0396. The van der Waals surface area contributed by atoms with E-state index in [9.17, 15) is 19.7 Å². The van der Waals surface area contributed by atoms with Crippen molar-refractivity contribution in [3.8, 4) is 11.5 Å². The van der Waals surface area contributed by atoms with Gasteiger partial charge in [-0.2, -0.15) is 0 Å². The molecule has 1 aromatic carbocycles. The Kier molecular flexibility index (Phi) is 7.19. The minimum Gasteiger partial charge on any atom is -0.493 e. The standard InChI is InChI=1S/C19H26N2O7/c1-11-7-5-6-8-14(11)20-18(22)12(2)28-19(23)13-9-16(26-3)17(27-4)10-15(13)21(24)25/h9-12,14H,5-8H2,1-4H3,(H,20,22). The summed E-state index contributed by atoms with van der Waals surface area (Å²) in [5.41, 5.74) is -0.801. The second kappa shape index (κ2) is 9.38.